The summed E-state index contributed by atoms with van der Waals surface area (Å²) in [7, 11) is 0. The zero-order valence-corrected chi connectivity index (χ0v) is 13.9. The molecule has 0 aliphatic heterocycles. The van der Waals surface area contributed by atoms with Gasteiger partial charge in [-0.1, -0.05) is 32.0 Å². The van der Waals surface area contributed by atoms with Crippen LogP contribution in [0.5, 0.6) is 0 Å². The van der Waals surface area contributed by atoms with Crippen molar-refractivity contribution in [3.05, 3.63) is 35.5 Å². The van der Waals surface area contributed by atoms with Crippen LogP contribution in [0.25, 0.3) is 10.9 Å². The summed E-state index contributed by atoms with van der Waals surface area (Å²) >= 11 is 0. The van der Waals surface area contributed by atoms with Crippen LogP contribution in [0.3, 0.4) is 0 Å². The van der Waals surface area contributed by atoms with E-state index < -0.39 is 11.4 Å². The number of rotatable bonds is 7. The number of carbonyl (C=O) groups is 2. The number of H-pyrrole nitrogens is 1. The highest BCUT2D eigenvalue weighted by Crippen LogP contribution is 2.26. The summed E-state index contributed by atoms with van der Waals surface area (Å²) < 4.78 is 0. The van der Waals surface area contributed by atoms with Gasteiger partial charge in [-0.05, 0) is 31.4 Å². The van der Waals surface area contributed by atoms with E-state index in [1.165, 1.54) is 0 Å². The van der Waals surface area contributed by atoms with E-state index in [-0.39, 0.29) is 18.9 Å². The lowest BCUT2D eigenvalue weighted by Gasteiger charge is -2.26. The third-order valence-electron chi connectivity index (χ3n) is 4.80. The minimum absolute atomic E-state index is 0.148. The van der Waals surface area contributed by atoms with Crippen LogP contribution in [0, 0.1) is 12.3 Å². The van der Waals surface area contributed by atoms with E-state index >= 15 is 0 Å². The summed E-state index contributed by atoms with van der Waals surface area (Å²) in [5, 5.41) is 13.3. The molecule has 0 atom stereocenters. The molecule has 0 aliphatic rings. The molecule has 0 spiro atoms. The van der Waals surface area contributed by atoms with Crippen molar-refractivity contribution in [1.29, 1.82) is 0 Å². The maximum atomic E-state index is 12.3. The number of amides is 1. The second-order valence-corrected chi connectivity index (χ2v) is 6.02. The summed E-state index contributed by atoms with van der Waals surface area (Å²) in [6.45, 7) is 5.79. The normalized spacial score (nSPS) is 11.6. The predicted octanol–water partition coefficient (Wildman–Crippen LogP) is 3.03. The van der Waals surface area contributed by atoms with Crippen molar-refractivity contribution >= 4 is 22.8 Å². The number of fused-ring (bicyclic) bond motifs is 1. The molecule has 0 fully saturated rings. The molecule has 1 aromatic heterocycles. The molecule has 1 heterocycles. The molecule has 1 aromatic carbocycles. The summed E-state index contributed by atoms with van der Waals surface area (Å²) in [5.74, 6) is -1.00. The number of hydrogen-bond donors (Lipinski definition) is 3. The highest BCUT2D eigenvalue weighted by atomic mass is 16.4. The predicted molar refractivity (Wildman–Crippen MR) is 90.4 cm³/mol. The van der Waals surface area contributed by atoms with Crippen LogP contribution in [-0.2, 0) is 16.0 Å². The fraction of sp³-hybridized carbons (Fsp3) is 0.444. The molecule has 2 rings (SSSR count). The van der Waals surface area contributed by atoms with Crippen molar-refractivity contribution in [3.8, 4) is 0 Å². The first kappa shape index (κ1) is 17.1. The Bertz CT molecular complexity index is 714. The molecule has 0 unspecified atom stereocenters. The van der Waals surface area contributed by atoms with E-state index in [9.17, 15) is 14.7 Å². The fourth-order valence-electron chi connectivity index (χ4n) is 2.93. The molecule has 0 bridgehead atoms. The zero-order valence-electron chi connectivity index (χ0n) is 13.9. The Morgan fingerprint density at radius 2 is 1.87 bits per heavy atom. The van der Waals surface area contributed by atoms with E-state index in [2.05, 4.69) is 10.3 Å². The van der Waals surface area contributed by atoms with Gasteiger partial charge in [0.15, 0.2) is 0 Å². The first-order valence-corrected chi connectivity index (χ1v) is 7.99. The quantitative estimate of drug-likeness (QED) is 0.734. The van der Waals surface area contributed by atoms with Crippen LogP contribution in [-0.4, -0.2) is 28.5 Å². The highest BCUT2D eigenvalue weighted by molar-refractivity contribution is 5.90. The number of benzene rings is 1. The zero-order chi connectivity index (χ0) is 17.0. The van der Waals surface area contributed by atoms with Gasteiger partial charge in [-0.3, -0.25) is 9.59 Å². The fourth-order valence-corrected chi connectivity index (χ4v) is 2.93. The molecule has 0 radical (unpaired) electrons. The lowest BCUT2D eigenvalue weighted by Crippen LogP contribution is -2.42. The van der Waals surface area contributed by atoms with Gasteiger partial charge in [0.25, 0.3) is 0 Å². The van der Waals surface area contributed by atoms with Crippen molar-refractivity contribution in [3.63, 3.8) is 0 Å². The topological polar surface area (TPSA) is 82.2 Å². The van der Waals surface area contributed by atoms with Crippen molar-refractivity contribution < 1.29 is 14.7 Å². The number of para-hydroxylation sites is 1. The van der Waals surface area contributed by atoms with E-state index in [1.54, 1.807) is 0 Å². The number of hydrogen-bond acceptors (Lipinski definition) is 2. The van der Waals surface area contributed by atoms with Gasteiger partial charge in [-0.25, -0.2) is 0 Å². The molecule has 0 saturated heterocycles. The van der Waals surface area contributed by atoms with Gasteiger partial charge in [0.1, 0.15) is 0 Å². The molecular weight excluding hydrogens is 292 g/mol. The Balaban J connectivity index is 2.10. The summed E-state index contributed by atoms with van der Waals surface area (Å²) in [6.07, 6.45) is 1.23. The van der Waals surface area contributed by atoms with Crippen LogP contribution >= 0.6 is 0 Å². The average molecular weight is 316 g/mol. The number of carboxylic acid groups (broad SMARTS) is 1. The number of aryl methyl sites for hydroxylation is 1. The van der Waals surface area contributed by atoms with Gasteiger partial charge in [-0.2, -0.15) is 0 Å². The first-order chi connectivity index (χ1) is 10.9. The number of aromatic amines is 1. The molecule has 23 heavy (non-hydrogen) atoms. The third-order valence-corrected chi connectivity index (χ3v) is 4.80. The largest absolute Gasteiger partial charge is 0.481 e. The maximum absolute atomic E-state index is 12.3. The second kappa shape index (κ2) is 6.86. The monoisotopic (exact) mass is 316 g/mol. The summed E-state index contributed by atoms with van der Waals surface area (Å²) in [5.41, 5.74) is 2.06. The van der Waals surface area contributed by atoms with Crippen LogP contribution in [0.1, 0.15) is 37.9 Å². The minimum atomic E-state index is -0.884. The molecule has 2 aromatic rings. The SMILES string of the molecule is CCC(CC)(CNC(=O)Cc1c(C)[nH]c2ccccc12)C(=O)O. The lowest BCUT2D eigenvalue weighted by molar-refractivity contribution is -0.149. The number of carbonyl (C=O) groups excluding carboxylic acids is 1. The van der Waals surface area contributed by atoms with Gasteiger partial charge < -0.3 is 15.4 Å². The standard InChI is InChI=1S/C18H24N2O3/c1-4-18(5-2,17(22)23)11-19-16(21)10-14-12(3)20-15-9-7-6-8-13(14)15/h6-9,20H,4-5,10-11H2,1-3H3,(H,19,21)(H,22,23). The second-order valence-electron chi connectivity index (χ2n) is 6.02. The Morgan fingerprint density at radius 3 is 2.48 bits per heavy atom. The molecule has 5 nitrogen and oxygen atoms in total. The number of aliphatic carboxylic acids is 1. The van der Waals surface area contributed by atoms with Crippen LogP contribution in [0.4, 0.5) is 0 Å². The van der Waals surface area contributed by atoms with E-state index in [4.69, 9.17) is 0 Å². The minimum Gasteiger partial charge on any atom is -0.481 e. The van der Waals surface area contributed by atoms with E-state index in [0.29, 0.717) is 12.8 Å². The van der Waals surface area contributed by atoms with Crippen molar-refractivity contribution in [2.24, 2.45) is 5.41 Å². The van der Waals surface area contributed by atoms with Gasteiger partial charge in [0, 0.05) is 23.1 Å². The lowest BCUT2D eigenvalue weighted by atomic mass is 9.82. The highest BCUT2D eigenvalue weighted by Gasteiger charge is 2.35. The number of nitrogens with one attached hydrogen (secondary N) is 2. The Hall–Kier alpha value is -2.30. The van der Waals surface area contributed by atoms with Gasteiger partial charge >= 0.3 is 5.97 Å². The molecule has 0 aliphatic carbocycles. The smallest absolute Gasteiger partial charge is 0.311 e. The first-order valence-electron chi connectivity index (χ1n) is 7.99. The molecule has 1 amide bonds. The summed E-state index contributed by atoms with van der Waals surface area (Å²) in [4.78, 5) is 27.0. The number of aromatic nitrogens is 1. The van der Waals surface area contributed by atoms with Crippen LogP contribution in [0.15, 0.2) is 24.3 Å². The maximum Gasteiger partial charge on any atom is 0.311 e. The van der Waals surface area contributed by atoms with Crippen molar-refractivity contribution in [2.75, 3.05) is 6.54 Å². The van der Waals surface area contributed by atoms with Crippen LogP contribution in [0.2, 0.25) is 0 Å². The van der Waals surface area contributed by atoms with Gasteiger partial charge in [0.05, 0.1) is 11.8 Å². The van der Waals surface area contributed by atoms with Crippen molar-refractivity contribution in [1.82, 2.24) is 10.3 Å². The third kappa shape index (κ3) is 3.38. The van der Waals surface area contributed by atoms with Gasteiger partial charge in [-0.15, -0.1) is 0 Å². The molecule has 124 valence electrons. The van der Waals surface area contributed by atoms with Gasteiger partial charge in [0.2, 0.25) is 5.91 Å². The number of carboxylic acids is 1. The molecule has 0 saturated carbocycles. The van der Waals surface area contributed by atoms with Crippen molar-refractivity contribution in [2.45, 2.75) is 40.0 Å². The van der Waals surface area contributed by atoms with E-state index in [0.717, 1.165) is 22.2 Å². The van der Waals surface area contributed by atoms with E-state index in [1.807, 2.05) is 45.0 Å². The summed E-state index contributed by atoms with van der Waals surface area (Å²) in [6, 6.07) is 7.86. The Morgan fingerprint density at radius 1 is 1.22 bits per heavy atom. The molecule has 5 heteroatoms. The van der Waals surface area contributed by atoms with Crippen LogP contribution < -0.4 is 5.32 Å². The molecule has 3 N–H and O–H groups in total. The Labute approximate surface area is 136 Å². The molecular formula is C18H24N2O3. The average Bonchev–Trinajstić information content (AvgIpc) is 2.84. The Kier molecular flexibility index (Phi) is 5.08.